The number of imidazole rings is 1. The summed E-state index contributed by atoms with van der Waals surface area (Å²) in [5, 5.41) is 0. The molecule has 0 bridgehead atoms. The first kappa shape index (κ1) is 25.5. The highest BCUT2D eigenvalue weighted by molar-refractivity contribution is 5.77. The molecule has 1 aliphatic heterocycles. The van der Waals surface area contributed by atoms with Crippen molar-refractivity contribution in [3.05, 3.63) is 65.8 Å². The van der Waals surface area contributed by atoms with Crippen molar-refractivity contribution in [2.24, 2.45) is 5.92 Å². The molecule has 1 saturated heterocycles. The van der Waals surface area contributed by atoms with Gasteiger partial charge in [-0.2, -0.15) is 0 Å². The van der Waals surface area contributed by atoms with Crippen LogP contribution in [0, 0.1) is 5.92 Å². The van der Waals surface area contributed by atoms with Gasteiger partial charge in [-0.15, -0.1) is 0 Å². The molecule has 0 amide bonds. The van der Waals surface area contributed by atoms with Crippen LogP contribution in [-0.4, -0.2) is 34.5 Å². The Balaban J connectivity index is 2.17. The van der Waals surface area contributed by atoms with E-state index < -0.39 is 0 Å². The first-order valence-corrected chi connectivity index (χ1v) is 12.3. The fourth-order valence-electron chi connectivity index (χ4n) is 5.37. The Morgan fingerprint density at radius 2 is 2.09 bits per heavy atom. The third-order valence-corrected chi connectivity index (χ3v) is 6.92. The van der Waals surface area contributed by atoms with Gasteiger partial charge >= 0.3 is 0 Å². The first-order valence-electron chi connectivity index (χ1n) is 12.3. The van der Waals surface area contributed by atoms with Crippen LogP contribution in [-0.2, 0) is 9.47 Å². The van der Waals surface area contributed by atoms with Gasteiger partial charge in [-0.25, -0.2) is 4.98 Å². The van der Waals surface area contributed by atoms with Crippen LogP contribution >= 0.6 is 0 Å². The molecule has 0 spiro atoms. The molecule has 33 heavy (non-hydrogen) atoms. The van der Waals surface area contributed by atoms with E-state index in [1.54, 1.807) is 7.11 Å². The number of methoxy groups -OCH3 is 1. The van der Waals surface area contributed by atoms with E-state index in [1.165, 1.54) is 11.1 Å². The fraction of sp³-hybridized carbons (Fsp3) is 0.552. The van der Waals surface area contributed by atoms with Crippen molar-refractivity contribution in [1.82, 2.24) is 9.55 Å². The molecule has 2 aliphatic rings. The molecule has 2 heterocycles. The van der Waals surface area contributed by atoms with Crippen molar-refractivity contribution >= 4 is 11.3 Å². The highest BCUT2D eigenvalue weighted by Crippen LogP contribution is 2.40. The summed E-state index contributed by atoms with van der Waals surface area (Å²) in [5.41, 5.74) is 5.88. The Kier molecular flexibility index (Phi) is 8.02. The maximum absolute atomic E-state index is 6.19. The molecule has 4 heteroatoms. The van der Waals surface area contributed by atoms with Gasteiger partial charge in [-0.3, -0.25) is 4.57 Å². The second-order valence-corrected chi connectivity index (χ2v) is 10.3. The van der Waals surface area contributed by atoms with E-state index in [9.17, 15) is 0 Å². The van der Waals surface area contributed by atoms with Gasteiger partial charge < -0.3 is 9.47 Å². The van der Waals surface area contributed by atoms with Crippen molar-refractivity contribution < 1.29 is 9.47 Å². The largest absolute Gasteiger partial charge is 0.377 e. The summed E-state index contributed by atoms with van der Waals surface area (Å²) in [5.74, 6) is 1.66. The van der Waals surface area contributed by atoms with Gasteiger partial charge in [0, 0.05) is 36.4 Å². The molecular formula is C29H42N2O2. The minimum atomic E-state index is -0.145. The van der Waals surface area contributed by atoms with Crippen LogP contribution < -0.4 is 0 Å². The van der Waals surface area contributed by atoms with Gasteiger partial charge in [-0.1, -0.05) is 50.3 Å². The second-order valence-electron chi connectivity index (χ2n) is 10.3. The average Bonchev–Trinajstić information content (AvgIpc) is 3.17. The third-order valence-electron chi connectivity index (χ3n) is 6.92. The Labute approximate surface area is 200 Å². The summed E-state index contributed by atoms with van der Waals surface area (Å²) in [7, 11) is 1.79. The van der Waals surface area contributed by atoms with Crippen molar-refractivity contribution in [1.29, 1.82) is 0 Å². The molecule has 1 aromatic heterocycles. The van der Waals surface area contributed by atoms with E-state index in [-0.39, 0.29) is 17.8 Å². The van der Waals surface area contributed by atoms with Crippen LogP contribution in [0.3, 0.4) is 0 Å². The predicted octanol–water partition coefficient (Wildman–Crippen LogP) is 7.32. The van der Waals surface area contributed by atoms with Crippen molar-refractivity contribution in [2.45, 2.75) is 91.5 Å². The molecule has 3 rings (SSSR count). The van der Waals surface area contributed by atoms with Crippen LogP contribution in [0.5, 0.6) is 0 Å². The summed E-state index contributed by atoms with van der Waals surface area (Å²) in [4.78, 5) is 5.28. The quantitative estimate of drug-likeness (QED) is 0.408. The number of allylic oxidation sites excluding steroid dienone is 7. The molecule has 0 aromatic carbocycles. The molecule has 0 radical (unpaired) electrons. The summed E-state index contributed by atoms with van der Waals surface area (Å²) >= 11 is 0. The topological polar surface area (TPSA) is 36.3 Å². The first-order chi connectivity index (χ1) is 15.6. The van der Waals surface area contributed by atoms with Crippen LogP contribution in [0.2, 0.25) is 0 Å². The van der Waals surface area contributed by atoms with Crippen molar-refractivity contribution in [2.75, 3.05) is 7.11 Å². The summed E-state index contributed by atoms with van der Waals surface area (Å²) < 4.78 is 14.2. The number of aromatic nitrogens is 2. The molecule has 1 fully saturated rings. The summed E-state index contributed by atoms with van der Waals surface area (Å²) in [6.45, 7) is 19.2. The van der Waals surface area contributed by atoms with E-state index in [0.717, 1.165) is 42.1 Å². The lowest BCUT2D eigenvalue weighted by Gasteiger charge is -2.38. The van der Waals surface area contributed by atoms with Gasteiger partial charge in [0.2, 0.25) is 0 Å². The molecule has 1 aliphatic carbocycles. The number of hydrogen-bond donors (Lipinski definition) is 0. The molecular weight excluding hydrogens is 408 g/mol. The number of nitrogens with zero attached hydrogens (tertiary/aromatic N) is 2. The highest BCUT2D eigenvalue weighted by atomic mass is 16.5. The lowest BCUT2D eigenvalue weighted by Crippen LogP contribution is -2.37. The molecule has 1 aromatic rings. The predicted molar refractivity (Wildman–Crippen MR) is 139 cm³/mol. The van der Waals surface area contributed by atoms with Crippen molar-refractivity contribution in [3.63, 3.8) is 0 Å². The zero-order valence-electron chi connectivity index (χ0n) is 21.8. The fourth-order valence-corrected chi connectivity index (χ4v) is 5.37. The maximum Gasteiger partial charge on any atom is 0.144 e. The third kappa shape index (κ3) is 5.67. The molecule has 0 N–H and O–H groups in total. The molecule has 0 saturated carbocycles. The number of ether oxygens (including phenoxy) is 2. The van der Waals surface area contributed by atoms with E-state index in [2.05, 4.69) is 84.0 Å². The number of rotatable bonds is 7. The van der Waals surface area contributed by atoms with Gasteiger partial charge in [-0.05, 0) is 65.5 Å². The Bertz CT molecular complexity index is 989. The van der Waals surface area contributed by atoms with Crippen LogP contribution in [0.15, 0.2) is 54.3 Å². The van der Waals surface area contributed by atoms with Crippen LogP contribution in [0.1, 0.15) is 85.2 Å². The molecule has 4 nitrogen and oxygen atoms in total. The lowest BCUT2D eigenvalue weighted by molar-refractivity contribution is -0.106. The summed E-state index contributed by atoms with van der Waals surface area (Å²) in [6.07, 6.45) is 16.1. The van der Waals surface area contributed by atoms with Gasteiger partial charge in [0.25, 0.3) is 0 Å². The molecule has 180 valence electrons. The highest BCUT2D eigenvalue weighted by Gasteiger charge is 2.35. The van der Waals surface area contributed by atoms with Gasteiger partial charge in [0.1, 0.15) is 5.82 Å². The Hall–Kier alpha value is -2.17. The van der Waals surface area contributed by atoms with Crippen LogP contribution in [0.4, 0.5) is 0 Å². The average molecular weight is 451 g/mol. The minimum absolute atomic E-state index is 0.116. The van der Waals surface area contributed by atoms with Crippen molar-refractivity contribution in [3.8, 4) is 0 Å². The van der Waals surface area contributed by atoms with Gasteiger partial charge in [0.05, 0.1) is 23.5 Å². The smallest absolute Gasteiger partial charge is 0.144 e. The zero-order valence-corrected chi connectivity index (χ0v) is 21.8. The minimum Gasteiger partial charge on any atom is -0.377 e. The zero-order chi connectivity index (χ0) is 24.3. The normalized spacial score (nSPS) is 28.4. The van der Waals surface area contributed by atoms with E-state index >= 15 is 0 Å². The molecule has 4 unspecified atom stereocenters. The van der Waals surface area contributed by atoms with E-state index in [4.69, 9.17) is 14.5 Å². The van der Waals surface area contributed by atoms with E-state index in [0.29, 0.717) is 11.8 Å². The standard InChI is InChI=1S/C29H42N2O2/c1-10-12-13-25(19(3)11-2)28-30-26(23-16-22(6)33-29(7,8)17-23)18-31(28)24-14-20(4)27(32-9)21(5)15-24/h10,12-15,18,20,22-23,27H,1,11,16-17H2,2-9H3/b13-12-,25-19-. The maximum atomic E-state index is 6.19. The lowest BCUT2D eigenvalue weighted by atomic mass is 9.84. The number of hydrogen-bond acceptors (Lipinski definition) is 3. The molecule has 4 atom stereocenters. The summed E-state index contributed by atoms with van der Waals surface area (Å²) in [6, 6.07) is 0. The van der Waals surface area contributed by atoms with E-state index in [1.807, 2.05) is 12.2 Å². The Morgan fingerprint density at radius 1 is 1.36 bits per heavy atom. The van der Waals surface area contributed by atoms with Crippen LogP contribution in [0.25, 0.3) is 11.3 Å². The van der Waals surface area contributed by atoms with Gasteiger partial charge in [0.15, 0.2) is 0 Å². The SMILES string of the molecule is C=C/C=C\C(=C(/C)CC)c1nc(C2CC(C)OC(C)(C)C2)cn1C1=CC(C)C(OC)C(C)=C1. The second kappa shape index (κ2) is 10.4. The monoisotopic (exact) mass is 450 g/mol. The Morgan fingerprint density at radius 3 is 2.67 bits per heavy atom.